The summed E-state index contributed by atoms with van der Waals surface area (Å²) in [6.45, 7) is 0. The zero-order valence-electron chi connectivity index (χ0n) is 8.73. The molecular weight excluding hydrogens is 190 g/mol. The average Bonchev–Trinajstić information content (AvgIpc) is 2.65. The van der Waals surface area contributed by atoms with E-state index in [9.17, 15) is 5.11 Å². The minimum absolute atomic E-state index is 0.262. The number of nitrogens with zero attached hydrogens (tertiary/aromatic N) is 2. The first-order chi connectivity index (χ1) is 7.22. The topological polar surface area (TPSA) is 50.1 Å². The van der Waals surface area contributed by atoms with Crippen LogP contribution in [0.4, 0.5) is 5.69 Å². The molecule has 2 N–H and O–H groups in total. The Morgan fingerprint density at radius 2 is 2.13 bits per heavy atom. The fraction of sp³-hybridized carbons (Fsp3) is 0.182. The lowest BCUT2D eigenvalue weighted by Crippen LogP contribution is -1.95. The zero-order valence-corrected chi connectivity index (χ0v) is 8.73. The summed E-state index contributed by atoms with van der Waals surface area (Å²) >= 11 is 0. The molecule has 0 unspecified atom stereocenters. The van der Waals surface area contributed by atoms with Crippen LogP contribution in [-0.4, -0.2) is 21.9 Å². The molecule has 0 aliphatic rings. The van der Waals surface area contributed by atoms with Crippen LogP contribution in [0.25, 0.3) is 11.3 Å². The first-order valence-electron chi connectivity index (χ1n) is 4.71. The molecule has 15 heavy (non-hydrogen) atoms. The molecule has 4 heteroatoms. The van der Waals surface area contributed by atoms with Crippen molar-refractivity contribution < 1.29 is 5.11 Å². The summed E-state index contributed by atoms with van der Waals surface area (Å²) < 4.78 is 1.73. The third kappa shape index (κ3) is 1.66. The van der Waals surface area contributed by atoms with Crippen LogP contribution in [0.1, 0.15) is 0 Å². The minimum atomic E-state index is 0.262. The van der Waals surface area contributed by atoms with Crippen LogP contribution in [0.2, 0.25) is 0 Å². The van der Waals surface area contributed by atoms with Gasteiger partial charge in [0.15, 0.2) is 0 Å². The van der Waals surface area contributed by atoms with Crippen LogP contribution in [0.15, 0.2) is 30.5 Å². The van der Waals surface area contributed by atoms with Gasteiger partial charge in [0.05, 0.1) is 5.69 Å². The number of phenolic OH excluding ortho intramolecular Hbond substituents is 1. The van der Waals surface area contributed by atoms with Crippen molar-refractivity contribution >= 4 is 5.69 Å². The number of phenols is 1. The van der Waals surface area contributed by atoms with Crippen LogP contribution in [0.5, 0.6) is 5.75 Å². The van der Waals surface area contributed by atoms with E-state index in [-0.39, 0.29) is 5.75 Å². The van der Waals surface area contributed by atoms with E-state index >= 15 is 0 Å². The highest BCUT2D eigenvalue weighted by Gasteiger charge is 2.08. The fourth-order valence-corrected chi connectivity index (χ4v) is 1.53. The number of hydrogen-bond donors (Lipinski definition) is 2. The van der Waals surface area contributed by atoms with Gasteiger partial charge in [0.2, 0.25) is 0 Å². The second-order valence-corrected chi connectivity index (χ2v) is 3.32. The van der Waals surface area contributed by atoms with Gasteiger partial charge in [-0.2, -0.15) is 5.10 Å². The van der Waals surface area contributed by atoms with E-state index in [0.717, 1.165) is 16.9 Å². The number of aromatic hydroxyl groups is 1. The Labute approximate surface area is 88.2 Å². The zero-order chi connectivity index (χ0) is 10.8. The second-order valence-electron chi connectivity index (χ2n) is 3.32. The third-order valence-electron chi connectivity index (χ3n) is 2.38. The standard InChI is InChI=1S/C11H13N3O/c1-12-8-3-4-11(15)9(7-8)10-5-6-13-14(10)2/h3-7,12,15H,1-2H3. The molecule has 0 radical (unpaired) electrons. The average molecular weight is 203 g/mol. The van der Waals surface area contributed by atoms with E-state index in [1.54, 1.807) is 16.9 Å². The Morgan fingerprint density at radius 3 is 2.73 bits per heavy atom. The Balaban J connectivity index is 2.56. The molecular formula is C11H13N3O. The fourth-order valence-electron chi connectivity index (χ4n) is 1.53. The monoisotopic (exact) mass is 203 g/mol. The molecule has 1 aromatic carbocycles. The van der Waals surface area contributed by atoms with Gasteiger partial charge in [-0.3, -0.25) is 4.68 Å². The van der Waals surface area contributed by atoms with Gasteiger partial charge in [0.1, 0.15) is 5.75 Å². The van der Waals surface area contributed by atoms with Crippen LogP contribution in [0.3, 0.4) is 0 Å². The van der Waals surface area contributed by atoms with Crippen LogP contribution < -0.4 is 5.32 Å². The Morgan fingerprint density at radius 1 is 1.33 bits per heavy atom. The highest BCUT2D eigenvalue weighted by molar-refractivity contribution is 5.71. The van der Waals surface area contributed by atoms with E-state index in [1.807, 2.05) is 32.3 Å². The van der Waals surface area contributed by atoms with Gasteiger partial charge in [0, 0.05) is 31.5 Å². The summed E-state index contributed by atoms with van der Waals surface area (Å²) in [7, 11) is 3.69. The largest absolute Gasteiger partial charge is 0.507 e. The van der Waals surface area contributed by atoms with Gasteiger partial charge < -0.3 is 10.4 Å². The predicted octanol–water partition coefficient (Wildman–Crippen LogP) is 1.83. The van der Waals surface area contributed by atoms with Crippen molar-refractivity contribution in [2.45, 2.75) is 0 Å². The molecule has 0 bridgehead atoms. The first kappa shape index (κ1) is 9.58. The maximum atomic E-state index is 9.76. The van der Waals surface area contributed by atoms with Gasteiger partial charge in [-0.25, -0.2) is 0 Å². The Bertz CT molecular complexity index is 476. The lowest BCUT2D eigenvalue weighted by atomic mass is 10.1. The number of aryl methyl sites for hydroxylation is 1. The molecule has 0 saturated carbocycles. The van der Waals surface area contributed by atoms with Crippen molar-refractivity contribution in [2.24, 2.45) is 7.05 Å². The maximum absolute atomic E-state index is 9.76. The van der Waals surface area contributed by atoms with Crippen LogP contribution >= 0.6 is 0 Å². The number of aromatic nitrogens is 2. The smallest absolute Gasteiger partial charge is 0.125 e. The molecule has 2 rings (SSSR count). The Hall–Kier alpha value is -1.97. The molecule has 78 valence electrons. The number of rotatable bonds is 2. The lowest BCUT2D eigenvalue weighted by molar-refractivity contribution is 0.476. The Kier molecular flexibility index (Phi) is 2.33. The molecule has 0 atom stereocenters. The van der Waals surface area contributed by atoms with Gasteiger partial charge in [-0.1, -0.05) is 0 Å². The predicted molar refractivity (Wildman–Crippen MR) is 59.9 cm³/mol. The second kappa shape index (κ2) is 3.65. The molecule has 0 saturated heterocycles. The van der Waals surface area contributed by atoms with Crippen molar-refractivity contribution in [1.82, 2.24) is 9.78 Å². The highest BCUT2D eigenvalue weighted by atomic mass is 16.3. The summed E-state index contributed by atoms with van der Waals surface area (Å²) in [5.74, 6) is 0.262. The number of anilines is 1. The molecule has 0 spiro atoms. The minimum Gasteiger partial charge on any atom is -0.507 e. The summed E-state index contributed by atoms with van der Waals surface area (Å²) in [6, 6.07) is 7.27. The van der Waals surface area contributed by atoms with E-state index in [1.165, 1.54) is 0 Å². The summed E-state index contributed by atoms with van der Waals surface area (Å²) in [6.07, 6.45) is 1.71. The van der Waals surface area contributed by atoms with Crippen molar-refractivity contribution in [3.63, 3.8) is 0 Å². The molecule has 2 aromatic rings. The molecule has 0 aliphatic carbocycles. The molecule has 0 aliphatic heterocycles. The number of benzene rings is 1. The normalized spacial score (nSPS) is 10.3. The van der Waals surface area contributed by atoms with Crippen molar-refractivity contribution in [2.75, 3.05) is 12.4 Å². The SMILES string of the molecule is CNc1ccc(O)c(-c2ccnn2C)c1. The van der Waals surface area contributed by atoms with Gasteiger partial charge in [-0.05, 0) is 24.3 Å². The summed E-state index contributed by atoms with van der Waals surface area (Å²) in [5, 5.41) is 16.9. The van der Waals surface area contributed by atoms with E-state index in [4.69, 9.17) is 0 Å². The lowest BCUT2D eigenvalue weighted by Gasteiger charge is -2.07. The van der Waals surface area contributed by atoms with Gasteiger partial charge in [0.25, 0.3) is 0 Å². The highest BCUT2D eigenvalue weighted by Crippen LogP contribution is 2.30. The van der Waals surface area contributed by atoms with E-state index in [2.05, 4.69) is 10.4 Å². The van der Waals surface area contributed by atoms with Crippen molar-refractivity contribution in [3.05, 3.63) is 30.5 Å². The quantitative estimate of drug-likeness (QED) is 0.732. The van der Waals surface area contributed by atoms with Crippen molar-refractivity contribution in [3.8, 4) is 17.0 Å². The molecule has 4 nitrogen and oxygen atoms in total. The molecule has 1 heterocycles. The first-order valence-corrected chi connectivity index (χ1v) is 4.71. The van der Waals surface area contributed by atoms with E-state index in [0.29, 0.717) is 0 Å². The third-order valence-corrected chi connectivity index (χ3v) is 2.38. The number of nitrogens with one attached hydrogen (secondary N) is 1. The molecule has 0 amide bonds. The van der Waals surface area contributed by atoms with Gasteiger partial charge >= 0.3 is 0 Å². The number of hydrogen-bond acceptors (Lipinski definition) is 3. The molecule has 0 fully saturated rings. The summed E-state index contributed by atoms with van der Waals surface area (Å²) in [5.41, 5.74) is 2.63. The van der Waals surface area contributed by atoms with E-state index < -0.39 is 0 Å². The van der Waals surface area contributed by atoms with Crippen molar-refractivity contribution in [1.29, 1.82) is 0 Å². The molecule has 1 aromatic heterocycles. The van der Waals surface area contributed by atoms with Crippen LogP contribution in [-0.2, 0) is 7.05 Å². The maximum Gasteiger partial charge on any atom is 0.125 e. The van der Waals surface area contributed by atoms with Gasteiger partial charge in [-0.15, -0.1) is 0 Å². The summed E-state index contributed by atoms with van der Waals surface area (Å²) in [4.78, 5) is 0. The van der Waals surface area contributed by atoms with Crippen LogP contribution in [0, 0.1) is 0 Å².